The van der Waals surface area contributed by atoms with Gasteiger partial charge in [-0.1, -0.05) is 0 Å². The predicted octanol–water partition coefficient (Wildman–Crippen LogP) is 0.810. The van der Waals surface area contributed by atoms with Crippen LogP contribution in [-0.2, 0) is 0 Å². The highest BCUT2D eigenvalue weighted by Gasteiger charge is 2.08. The van der Waals surface area contributed by atoms with Crippen molar-refractivity contribution in [2.45, 2.75) is 11.8 Å². The van der Waals surface area contributed by atoms with E-state index in [-0.39, 0.29) is 6.61 Å². The van der Waals surface area contributed by atoms with Gasteiger partial charge in [0.15, 0.2) is 0 Å². The summed E-state index contributed by atoms with van der Waals surface area (Å²) in [4.78, 5) is -0.681. The smallest absolute Gasteiger partial charge is 0.0649 e. The van der Waals surface area contributed by atoms with Crippen molar-refractivity contribution in [2.24, 2.45) is 0 Å². The van der Waals surface area contributed by atoms with Gasteiger partial charge in [0, 0.05) is 0 Å². The second-order valence-electron chi connectivity index (χ2n) is 1.57. The lowest BCUT2D eigenvalue weighted by Gasteiger charge is -2.07. The van der Waals surface area contributed by atoms with Crippen LogP contribution in [0.5, 0.6) is 0 Å². The molecule has 1 unspecified atom stereocenters. The predicted molar refractivity (Wildman–Crippen MR) is 26.7 cm³/mol. The monoisotopic (exact) mass is 107 g/mol. The van der Waals surface area contributed by atoms with Crippen LogP contribution in [0.3, 0.4) is 0 Å². The third kappa shape index (κ3) is 4.25. The van der Waals surface area contributed by atoms with E-state index in [1.165, 1.54) is 0 Å². The summed E-state index contributed by atoms with van der Waals surface area (Å²) >= 11 is 5.36. The fraction of sp³-hybridized carbons (Fsp3) is 0.750. The van der Waals surface area contributed by atoms with Crippen molar-refractivity contribution in [2.75, 3.05) is 6.61 Å². The van der Waals surface area contributed by atoms with E-state index in [1.54, 1.807) is 6.92 Å². The van der Waals surface area contributed by atoms with Gasteiger partial charge in [0.2, 0.25) is 0 Å². The number of aliphatic hydroxyl groups is 1. The number of aliphatic hydroxyl groups excluding tert-OH is 1. The average Bonchev–Trinajstić information content (AvgIpc) is 1.35. The quantitative estimate of drug-likeness (QED) is 0.492. The summed E-state index contributed by atoms with van der Waals surface area (Å²) in [6, 6.07) is 0. The molecule has 0 saturated carbocycles. The van der Waals surface area contributed by atoms with Gasteiger partial charge < -0.3 is 5.11 Å². The summed E-state index contributed by atoms with van der Waals surface area (Å²) in [5.41, 5.74) is 0. The summed E-state index contributed by atoms with van der Waals surface area (Å²) in [7, 11) is 0. The molecule has 0 aromatic carbocycles. The van der Waals surface area contributed by atoms with Gasteiger partial charge in [-0.25, -0.2) is 0 Å². The van der Waals surface area contributed by atoms with Crippen LogP contribution in [0, 0.1) is 6.92 Å². The Morgan fingerprint density at radius 2 is 2.17 bits per heavy atom. The van der Waals surface area contributed by atoms with Crippen molar-refractivity contribution in [3.63, 3.8) is 0 Å². The molecule has 6 heavy (non-hydrogen) atoms. The lowest BCUT2D eigenvalue weighted by Crippen LogP contribution is -2.15. The summed E-state index contributed by atoms with van der Waals surface area (Å²) in [6.45, 7) is 4.98. The van der Waals surface area contributed by atoms with Gasteiger partial charge in [-0.05, 0) is 13.8 Å². The molecule has 0 amide bonds. The van der Waals surface area contributed by atoms with Gasteiger partial charge in [-0.2, -0.15) is 0 Å². The maximum Gasteiger partial charge on any atom is 0.0649 e. The molecule has 1 radical (unpaired) electrons. The van der Waals surface area contributed by atoms with Crippen LogP contribution in [0.25, 0.3) is 0 Å². The van der Waals surface area contributed by atoms with Crippen LogP contribution in [0.2, 0.25) is 0 Å². The molecule has 0 aliphatic heterocycles. The van der Waals surface area contributed by atoms with E-state index >= 15 is 0 Å². The molecular formula is C4H8ClO. The largest absolute Gasteiger partial charge is 0.395 e. The molecule has 1 atom stereocenters. The molecule has 1 N–H and O–H groups in total. The molecule has 0 bridgehead atoms. The van der Waals surface area contributed by atoms with E-state index in [9.17, 15) is 0 Å². The van der Waals surface area contributed by atoms with Crippen LogP contribution < -0.4 is 0 Å². The van der Waals surface area contributed by atoms with Gasteiger partial charge in [-0.3, -0.25) is 0 Å². The second-order valence-corrected chi connectivity index (χ2v) is 2.48. The van der Waals surface area contributed by atoms with E-state index in [4.69, 9.17) is 16.7 Å². The average molecular weight is 108 g/mol. The van der Waals surface area contributed by atoms with Crippen LogP contribution in [0.15, 0.2) is 0 Å². The standard InChI is InChI=1S/C4H8ClO/c1-4(2,5)3-6/h6H,1,3H2,2H3. The van der Waals surface area contributed by atoms with Crippen molar-refractivity contribution in [3.8, 4) is 0 Å². The molecule has 0 aliphatic rings. The third-order valence-corrected chi connectivity index (χ3v) is 0.449. The van der Waals surface area contributed by atoms with Crippen LogP contribution in [0.1, 0.15) is 6.92 Å². The summed E-state index contributed by atoms with van der Waals surface area (Å²) in [5, 5.41) is 8.21. The van der Waals surface area contributed by atoms with E-state index in [0.717, 1.165) is 0 Å². The number of halogens is 1. The summed E-state index contributed by atoms with van der Waals surface area (Å²) in [5.74, 6) is 0. The molecule has 0 rings (SSSR count). The fourth-order valence-electron chi connectivity index (χ4n) is 0. The van der Waals surface area contributed by atoms with E-state index in [1.807, 2.05) is 0 Å². The van der Waals surface area contributed by atoms with Crippen molar-refractivity contribution >= 4 is 11.6 Å². The Hall–Kier alpha value is 0.250. The lowest BCUT2D eigenvalue weighted by molar-refractivity contribution is 0.272. The highest BCUT2D eigenvalue weighted by molar-refractivity contribution is 6.24. The van der Waals surface area contributed by atoms with Crippen LogP contribution >= 0.6 is 11.6 Å². The van der Waals surface area contributed by atoms with Crippen LogP contribution in [-0.4, -0.2) is 16.6 Å². The molecule has 37 valence electrons. The first-order valence-electron chi connectivity index (χ1n) is 1.71. The second kappa shape index (κ2) is 1.80. The number of hydrogen-bond donors (Lipinski definition) is 1. The van der Waals surface area contributed by atoms with Gasteiger partial charge in [0.25, 0.3) is 0 Å². The minimum atomic E-state index is -0.681. The summed E-state index contributed by atoms with van der Waals surface area (Å²) < 4.78 is 0. The SMILES string of the molecule is [CH2]C(C)(Cl)CO. The van der Waals surface area contributed by atoms with E-state index in [2.05, 4.69) is 6.92 Å². The molecule has 0 aliphatic carbocycles. The highest BCUT2D eigenvalue weighted by Crippen LogP contribution is 2.08. The number of alkyl halides is 1. The fourth-order valence-corrected chi connectivity index (χ4v) is 0. The Kier molecular flexibility index (Phi) is 1.88. The van der Waals surface area contributed by atoms with E-state index in [0.29, 0.717) is 0 Å². The minimum absolute atomic E-state index is 0.0748. The zero-order valence-corrected chi connectivity index (χ0v) is 4.50. The molecule has 0 aromatic rings. The minimum Gasteiger partial charge on any atom is -0.395 e. The molecule has 1 nitrogen and oxygen atoms in total. The first kappa shape index (κ1) is 6.25. The third-order valence-electron chi connectivity index (χ3n) is 0.330. The maximum atomic E-state index is 8.21. The van der Waals surface area contributed by atoms with E-state index < -0.39 is 4.87 Å². The molecule has 2 heteroatoms. The molecule has 0 aromatic heterocycles. The molecule has 0 heterocycles. The topological polar surface area (TPSA) is 20.2 Å². The van der Waals surface area contributed by atoms with Gasteiger partial charge in [0.05, 0.1) is 11.5 Å². The number of rotatable bonds is 1. The number of hydrogen-bond acceptors (Lipinski definition) is 1. The van der Waals surface area contributed by atoms with Crippen molar-refractivity contribution in [1.82, 2.24) is 0 Å². The Morgan fingerprint density at radius 1 is 2.00 bits per heavy atom. The van der Waals surface area contributed by atoms with Gasteiger partial charge in [-0.15, -0.1) is 11.6 Å². The van der Waals surface area contributed by atoms with Gasteiger partial charge in [0.1, 0.15) is 0 Å². The lowest BCUT2D eigenvalue weighted by atomic mass is 10.2. The van der Waals surface area contributed by atoms with Crippen molar-refractivity contribution in [1.29, 1.82) is 0 Å². The van der Waals surface area contributed by atoms with Gasteiger partial charge >= 0.3 is 0 Å². The molecule has 0 saturated heterocycles. The Labute approximate surface area is 42.9 Å². The normalized spacial score (nSPS) is 12.0. The zero-order chi connectivity index (χ0) is 5.21. The Bertz CT molecular complexity index is 37.3. The zero-order valence-electron chi connectivity index (χ0n) is 3.74. The first-order valence-corrected chi connectivity index (χ1v) is 2.09. The molecule has 0 fully saturated rings. The first-order chi connectivity index (χ1) is 2.56. The summed E-state index contributed by atoms with van der Waals surface area (Å²) in [6.07, 6.45) is 0. The maximum absolute atomic E-state index is 8.21. The van der Waals surface area contributed by atoms with Crippen molar-refractivity contribution in [3.05, 3.63) is 6.92 Å². The molecular weight excluding hydrogens is 99.5 g/mol. The van der Waals surface area contributed by atoms with Crippen LogP contribution in [0.4, 0.5) is 0 Å². The van der Waals surface area contributed by atoms with Crippen molar-refractivity contribution < 1.29 is 5.11 Å². The highest BCUT2D eigenvalue weighted by atomic mass is 35.5. The Morgan fingerprint density at radius 3 is 2.17 bits per heavy atom. The Balaban J connectivity index is 3.17. The molecule has 0 spiro atoms.